The van der Waals surface area contributed by atoms with Crippen molar-refractivity contribution in [1.29, 1.82) is 0 Å². The number of hydrogen-bond acceptors (Lipinski definition) is 1. The first-order valence-electron chi connectivity index (χ1n) is 6.22. The van der Waals surface area contributed by atoms with Gasteiger partial charge in [0, 0.05) is 6.07 Å². The van der Waals surface area contributed by atoms with Crippen molar-refractivity contribution in [3.63, 3.8) is 0 Å². The third kappa shape index (κ3) is 3.76. The fourth-order valence-corrected chi connectivity index (χ4v) is 1.82. The van der Waals surface area contributed by atoms with Crippen LogP contribution in [-0.4, -0.2) is 5.88 Å². The molecule has 0 aromatic heterocycles. The minimum Gasteiger partial charge on any atom is -0.489 e. The second kappa shape index (κ2) is 6.98. The summed E-state index contributed by atoms with van der Waals surface area (Å²) < 4.78 is 19.4. The Hall–Kier alpha value is -1.98. The largest absolute Gasteiger partial charge is 0.489 e. The first-order chi connectivity index (χ1) is 9.70. The lowest BCUT2D eigenvalue weighted by Gasteiger charge is -2.09. The van der Waals surface area contributed by atoms with E-state index >= 15 is 0 Å². The van der Waals surface area contributed by atoms with E-state index in [1.54, 1.807) is 12.1 Å². The maximum absolute atomic E-state index is 13.8. The quantitative estimate of drug-likeness (QED) is 0.604. The van der Waals surface area contributed by atoms with E-state index in [0.717, 1.165) is 11.1 Å². The Labute approximate surface area is 123 Å². The smallest absolute Gasteiger partial charge is 0.142 e. The van der Waals surface area contributed by atoms with E-state index in [1.807, 2.05) is 31.2 Å². The van der Waals surface area contributed by atoms with Crippen molar-refractivity contribution >= 4 is 11.6 Å². The molecule has 0 saturated carbocycles. The lowest BCUT2D eigenvalue weighted by Crippen LogP contribution is -1.98. The molecule has 0 bridgehead atoms. The molecule has 2 aromatic carbocycles. The van der Waals surface area contributed by atoms with Crippen molar-refractivity contribution in [2.75, 3.05) is 5.88 Å². The van der Waals surface area contributed by atoms with Crippen molar-refractivity contribution in [2.24, 2.45) is 0 Å². The number of hydrogen-bond donors (Lipinski definition) is 0. The standard InChI is InChI=1S/C17H14ClFO/c1-13-5-2-3-6-15(13)12-20-16-9-8-14(7-4-10-18)17(19)11-16/h2-3,5-6,8-9,11H,10,12H2,1H3. The molecule has 0 fully saturated rings. The van der Waals surface area contributed by atoms with Gasteiger partial charge < -0.3 is 4.74 Å². The van der Waals surface area contributed by atoms with E-state index in [-0.39, 0.29) is 5.88 Å². The van der Waals surface area contributed by atoms with Gasteiger partial charge in [-0.1, -0.05) is 36.1 Å². The van der Waals surface area contributed by atoms with Gasteiger partial charge >= 0.3 is 0 Å². The molecular weight excluding hydrogens is 275 g/mol. The number of aryl methyl sites for hydroxylation is 1. The van der Waals surface area contributed by atoms with E-state index < -0.39 is 5.82 Å². The molecule has 2 aromatic rings. The first-order valence-corrected chi connectivity index (χ1v) is 6.76. The van der Waals surface area contributed by atoms with Crippen LogP contribution >= 0.6 is 11.6 Å². The highest BCUT2D eigenvalue weighted by Crippen LogP contribution is 2.18. The zero-order valence-electron chi connectivity index (χ0n) is 11.1. The number of ether oxygens (including phenoxy) is 1. The molecule has 1 nitrogen and oxygen atoms in total. The van der Waals surface area contributed by atoms with Crippen LogP contribution in [0.5, 0.6) is 5.75 Å². The molecule has 0 atom stereocenters. The fraction of sp³-hybridized carbons (Fsp3) is 0.176. The van der Waals surface area contributed by atoms with Crippen molar-refractivity contribution in [3.05, 3.63) is 65.0 Å². The van der Waals surface area contributed by atoms with Crippen molar-refractivity contribution in [2.45, 2.75) is 13.5 Å². The fourth-order valence-electron chi connectivity index (χ4n) is 1.75. The minimum absolute atomic E-state index is 0.185. The van der Waals surface area contributed by atoms with Gasteiger partial charge in [-0.25, -0.2) is 4.39 Å². The summed E-state index contributed by atoms with van der Waals surface area (Å²) in [5.74, 6) is 5.56. The summed E-state index contributed by atoms with van der Waals surface area (Å²) in [5, 5.41) is 0. The lowest BCUT2D eigenvalue weighted by atomic mass is 10.1. The summed E-state index contributed by atoms with van der Waals surface area (Å²) in [6.45, 7) is 2.43. The summed E-state index contributed by atoms with van der Waals surface area (Å²) in [5.41, 5.74) is 2.56. The molecular formula is C17H14ClFO. The molecule has 0 spiro atoms. The Morgan fingerprint density at radius 3 is 2.70 bits per heavy atom. The number of alkyl halides is 1. The topological polar surface area (TPSA) is 9.23 Å². The van der Waals surface area contributed by atoms with Gasteiger partial charge in [0.25, 0.3) is 0 Å². The molecule has 0 heterocycles. The van der Waals surface area contributed by atoms with Crippen molar-refractivity contribution in [3.8, 4) is 17.6 Å². The first kappa shape index (κ1) is 14.4. The maximum Gasteiger partial charge on any atom is 0.142 e. The van der Waals surface area contributed by atoms with Crippen LogP contribution < -0.4 is 4.74 Å². The van der Waals surface area contributed by atoms with Crippen LogP contribution in [0.15, 0.2) is 42.5 Å². The SMILES string of the molecule is Cc1ccccc1COc1ccc(C#CCCl)c(F)c1. The molecule has 0 aliphatic heterocycles. The highest BCUT2D eigenvalue weighted by Gasteiger charge is 2.03. The Kier molecular flexibility index (Phi) is 5.03. The van der Waals surface area contributed by atoms with E-state index in [2.05, 4.69) is 11.8 Å². The van der Waals surface area contributed by atoms with Gasteiger partial charge in [-0.05, 0) is 30.2 Å². The minimum atomic E-state index is -0.398. The van der Waals surface area contributed by atoms with E-state index in [4.69, 9.17) is 16.3 Å². The van der Waals surface area contributed by atoms with Crippen LogP contribution in [0.3, 0.4) is 0 Å². The van der Waals surface area contributed by atoms with Gasteiger partial charge in [0.15, 0.2) is 0 Å². The Balaban J connectivity index is 2.08. The zero-order chi connectivity index (χ0) is 14.4. The normalized spacial score (nSPS) is 9.75. The van der Waals surface area contributed by atoms with Crippen LogP contribution in [0.2, 0.25) is 0 Å². The average molecular weight is 289 g/mol. The third-order valence-electron chi connectivity index (χ3n) is 2.89. The molecule has 20 heavy (non-hydrogen) atoms. The predicted molar refractivity (Wildman–Crippen MR) is 79.5 cm³/mol. The number of halogens is 2. The second-order valence-electron chi connectivity index (χ2n) is 4.29. The van der Waals surface area contributed by atoms with Crippen LogP contribution in [-0.2, 0) is 6.61 Å². The molecule has 2 rings (SSSR count). The Morgan fingerprint density at radius 2 is 2.00 bits per heavy atom. The van der Waals surface area contributed by atoms with Gasteiger partial charge in [0.05, 0.1) is 11.4 Å². The molecule has 0 saturated heterocycles. The van der Waals surface area contributed by atoms with E-state index in [1.165, 1.54) is 6.07 Å². The molecule has 3 heteroatoms. The summed E-state index contributed by atoms with van der Waals surface area (Å²) in [6, 6.07) is 12.6. The maximum atomic E-state index is 13.8. The molecule has 0 aliphatic rings. The number of benzene rings is 2. The molecule has 0 N–H and O–H groups in total. The van der Waals surface area contributed by atoms with Crippen molar-refractivity contribution in [1.82, 2.24) is 0 Å². The Bertz CT molecular complexity index is 656. The number of rotatable bonds is 3. The summed E-state index contributed by atoms with van der Waals surface area (Å²) in [6.07, 6.45) is 0. The Morgan fingerprint density at radius 1 is 1.20 bits per heavy atom. The highest BCUT2D eigenvalue weighted by atomic mass is 35.5. The summed E-state index contributed by atoms with van der Waals surface area (Å²) >= 11 is 5.45. The van der Waals surface area contributed by atoms with Crippen LogP contribution in [0.1, 0.15) is 16.7 Å². The van der Waals surface area contributed by atoms with E-state index in [0.29, 0.717) is 17.9 Å². The average Bonchev–Trinajstić information content (AvgIpc) is 2.45. The molecule has 0 radical (unpaired) electrons. The lowest BCUT2D eigenvalue weighted by molar-refractivity contribution is 0.304. The van der Waals surface area contributed by atoms with Crippen molar-refractivity contribution < 1.29 is 9.13 Å². The predicted octanol–water partition coefficient (Wildman–Crippen LogP) is 4.30. The van der Waals surface area contributed by atoms with E-state index in [9.17, 15) is 4.39 Å². The van der Waals surface area contributed by atoms with Gasteiger partial charge in [-0.2, -0.15) is 0 Å². The molecule has 102 valence electrons. The van der Waals surface area contributed by atoms with Gasteiger partial charge in [0.1, 0.15) is 18.2 Å². The molecule has 0 unspecified atom stereocenters. The summed E-state index contributed by atoms with van der Waals surface area (Å²) in [4.78, 5) is 0. The molecule has 0 aliphatic carbocycles. The molecule has 0 amide bonds. The van der Waals surface area contributed by atoms with Crippen LogP contribution in [0.25, 0.3) is 0 Å². The van der Waals surface area contributed by atoms with Crippen LogP contribution in [0.4, 0.5) is 4.39 Å². The van der Waals surface area contributed by atoms with Gasteiger partial charge in [-0.15, -0.1) is 11.6 Å². The van der Waals surface area contributed by atoms with Gasteiger partial charge in [-0.3, -0.25) is 0 Å². The zero-order valence-corrected chi connectivity index (χ0v) is 11.9. The summed E-state index contributed by atoms with van der Waals surface area (Å²) in [7, 11) is 0. The highest BCUT2D eigenvalue weighted by molar-refractivity contribution is 6.19. The van der Waals surface area contributed by atoms with Crippen LogP contribution in [0, 0.1) is 24.6 Å². The van der Waals surface area contributed by atoms with Gasteiger partial charge in [0.2, 0.25) is 0 Å². The second-order valence-corrected chi connectivity index (χ2v) is 4.56. The monoisotopic (exact) mass is 288 g/mol. The third-order valence-corrected chi connectivity index (χ3v) is 3.02.